The fraction of sp³-hybridized carbons (Fsp3) is 0.0566. The molecule has 0 amide bonds. The molecule has 0 saturated carbocycles. The van der Waals surface area contributed by atoms with Gasteiger partial charge in [-0.3, -0.25) is 4.57 Å². The molecule has 0 spiro atoms. The van der Waals surface area contributed by atoms with Crippen molar-refractivity contribution >= 4 is 92.7 Å². The van der Waals surface area contributed by atoms with Gasteiger partial charge in [0, 0.05) is 43.6 Å². The molecule has 0 fully saturated rings. The summed E-state index contributed by atoms with van der Waals surface area (Å²) in [6.45, 7) is 0. The Morgan fingerprint density at radius 2 is 1.14 bits per heavy atom. The molecule has 0 unspecified atom stereocenters. The highest BCUT2D eigenvalue weighted by molar-refractivity contribution is 6.28. The first kappa shape index (κ1) is 30.7. The van der Waals surface area contributed by atoms with E-state index in [0.29, 0.717) is 5.58 Å². The molecule has 58 heavy (non-hydrogen) atoms. The highest BCUT2D eigenvalue weighted by Gasteiger charge is 2.33. The molecule has 0 saturated heterocycles. The van der Waals surface area contributed by atoms with E-state index in [1.807, 2.05) is 12.1 Å². The van der Waals surface area contributed by atoms with Gasteiger partial charge in [-0.1, -0.05) is 121 Å². The molecular formula is C53H32N4O. The van der Waals surface area contributed by atoms with Gasteiger partial charge in [-0.2, -0.15) is 0 Å². The van der Waals surface area contributed by atoms with Crippen molar-refractivity contribution in [1.29, 1.82) is 0 Å². The number of furan rings is 1. The van der Waals surface area contributed by atoms with Crippen LogP contribution >= 0.6 is 0 Å². The fourth-order valence-corrected chi connectivity index (χ4v) is 10.7. The van der Waals surface area contributed by atoms with E-state index in [0.717, 1.165) is 52.0 Å². The van der Waals surface area contributed by atoms with Crippen molar-refractivity contribution in [2.24, 2.45) is 0 Å². The summed E-state index contributed by atoms with van der Waals surface area (Å²) in [5, 5.41) is 11.1. The maximum absolute atomic E-state index is 6.75. The van der Waals surface area contributed by atoms with Crippen molar-refractivity contribution in [2.75, 3.05) is 0 Å². The summed E-state index contributed by atoms with van der Waals surface area (Å²) in [6, 6.07) is 59.4. The maximum atomic E-state index is 6.75. The molecule has 8 aromatic carbocycles. The quantitative estimate of drug-likeness (QED) is 0.177. The van der Waals surface area contributed by atoms with E-state index in [1.165, 1.54) is 81.9 Å². The molecule has 0 bridgehead atoms. The topological polar surface area (TPSA) is 48.3 Å². The van der Waals surface area contributed by atoms with Gasteiger partial charge in [0.1, 0.15) is 16.9 Å². The van der Waals surface area contributed by atoms with Crippen molar-refractivity contribution in [3.05, 3.63) is 181 Å². The summed E-state index contributed by atoms with van der Waals surface area (Å²) in [5.41, 5.74) is 13.6. The largest absolute Gasteiger partial charge is 0.450 e. The summed E-state index contributed by atoms with van der Waals surface area (Å²) >= 11 is 0. The van der Waals surface area contributed by atoms with Crippen molar-refractivity contribution in [1.82, 2.24) is 18.9 Å². The van der Waals surface area contributed by atoms with Crippen LogP contribution in [0.15, 0.2) is 168 Å². The Labute approximate surface area is 331 Å². The number of benzene rings is 8. The summed E-state index contributed by atoms with van der Waals surface area (Å²) < 4.78 is 11.5. The van der Waals surface area contributed by atoms with E-state index in [4.69, 9.17) is 14.4 Å². The van der Waals surface area contributed by atoms with Crippen LogP contribution in [0.2, 0.25) is 0 Å². The van der Waals surface area contributed by atoms with Crippen molar-refractivity contribution in [2.45, 2.75) is 18.8 Å². The lowest BCUT2D eigenvalue weighted by atomic mass is 9.85. The van der Waals surface area contributed by atoms with Gasteiger partial charge in [0.2, 0.25) is 0 Å². The zero-order valence-electron chi connectivity index (χ0n) is 31.3. The summed E-state index contributed by atoms with van der Waals surface area (Å²) in [6.07, 6.45) is 1.74. The number of rotatable bonds is 2. The Balaban J connectivity index is 1.12. The second kappa shape index (κ2) is 11.1. The van der Waals surface area contributed by atoms with E-state index in [1.54, 1.807) is 0 Å². The SMILES string of the molecule is c1ccc2c3c(ccc2c1)-c1c(cc2c4ccccc4n4c5ccccc5c1c24)CC[C@H]3c1nc(-n2c3ccccc3c3ccccc32)c2oc3ccccc3c2n1. The van der Waals surface area contributed by atoms with Crippen molar-refractivity contribution in [3.63, 3.8) is 0 Å². The fourth-order valence-electron chi connectivity index (χ4n) is 10.7. The lowest BCUT2D eigenvalue weighted by Gasteiger charge is -2.21. The summed E-state index contributed by atoms with van der Waals surface area (Å²) in [4.78, 5) is 11.3. The number of fused-ring (bicyclic) bond motifs is 18. The monoisotopic (exact) mass is 740 g/mol. The van der Waals surface area contributed by atoms with Crippen molar-refractivity contribution < 1.29 is 4.42 Å². The minimum atomic E-state index is -0.0968. The molecule has 14 rings (SSSR count). The van der Waals surface area contributed by atoms with E-state index >= 15 is 0 Å². The van der Waals surface area contributed by atoms with Gasteiger partial charge in [-0.25, -0.2) is 9.97 Å². The first-order valence-corrected chi connectivity index (χ1v) is 20.2. The minimum Gasteiger partial charge on any atom is -0.450 e. The van der Waals surface area contributed by atoms with E-state index in [-0.39, 0.29) is 5.92 Å². The van der Waals surface area contributed by atoms with Gasteiger partial charge in [0.15, 0.2) is 11.4 Å². The van der Waals surface area contributed by atoms with Gasteiger partial charge in [-0.15, -0.1) is 0 Å². The molecule has 13 aromatic rings. The second-order valence-electron chi connectivity index (χ2n) is 15.9. The van der Waals surface area contributed by atoms with Crippen LogP contribution in [0.4, 0.5) is 0 Å². The van der Waals surface area contributed by atoms with E-state index in [9.17, 15) is 0 Å². The zero-order valence-corrected chi connectivity index (χ0v) is 31.3. The Kier molecular flexibility index (Phi) is 5.86. The Hall–Kier alpha value is -7.50. The zero-order chi connectivity index (χ0) is 37.6. The molecular weight excluding hydrogens is 709 g/mol. The van der Waals surface area contributed by atoms with Crippen molar-refractivity contribution in [3.8, 4) is 16.9 Å². The predicted molar refractivity (Wildman–Crippen MR) is 238 cm³/mol. The number of hydrogen-bond donors (Lipinski definition) is 0. The lowest BCUT2D eigenvalue weighted by Crippen LogP contribution is -2.11. The van der Waals surface area contributed by atoms with Crippen LogP contribution in [0.25, 0.3) is 110 Å². The van der Waals surface area contributed by atoms with Gasteiger partial charge in [-0.05, 0) is 88.3 Å². The van der Waals surface area contributed by atoms with Crippen LogP contribution in [-0.4, -0.2) is 18.9 Å². The predicted octanol–water partition coefficient (Wildman–Crippen LogP) is 13.5. The van der Waals surface area contributed by atoms with E-state index < -0.39 is 0 Å². The van der Waals surface area contributed by atoms with Crippen LogP contribution in [-0.2, 0) is 6.42 Å². The molecule has 270 valence electrons. The van der Waals surface area contributed by atoms with Gasteiger partial charge in [0.25, 0.3) is 0 Å². The summed E-state index contributed by atoms with van der Waals surface area (Å²) in [5.74, 6) is 1.49. The molecule has 5 heteroatoms. The highest BCUT2D eigenvalue weighted by atomic mass is 16.3. The average molecular weight is 741 g/mol. The Morgan fingerprint density at radius 1 is 0.534 bits per heavy atom. The first-order valence-electron chi connectivity index (χ1n) is 20.2. The van der Waals surface area contributed by atoms with Crippen LogP contribution in [0.3, 0.4) is 0 Å². The minimum absolute atomic E-state index is 0.0968. The highest BCUT2D eigenvalue weighted by Crippen LogP contribution is 2.51. The third kappa shape index (κ3) is 3.85. The van der Waals surface area contributed by atoms with Gasteiger partial charge < -0.3 is 8.82 Å². The van der Waals surface area contributed by atoms with E-state index in [2.05, 4.69) is 161 Å². The summed E-state index contributed by atoms with van der Waals surface area (Å²) in [7, 11) is 0. The average Bonchev–Trinajstić information content (AvgIpc) is 3.99. The second-order valence-corrected chi connectivity index (χ2v) is 15.9. The number of para-hydroxylation sites is 5. The van der Waals surface area contributed by atoms with Crippen LogP contribution in [0.5, 0.6) is 0 Å². The number of aromatic nitrogens is 4. The third-order valence-corrected chi connectivity index (χ3v) is 13.1. The lowest BCUT2D eigenvalue weighted by molar-refractivity contribution is 0.651. The molecule has 0 aliphatic heterocycles. The van der Waals surface area contributed by atoms with Gasteiger partial charge in [0.05, 0.1) is 27.6 Å². The standard InChI is InChI=1S/C53H32N4O/c1-2-14-32-30(13-1)25-27-38-46-31(29-40-35-17-5-8-20-41(35)56-44-23-11-6-18-36(44)48(46)50(40)56)26-28-39(47(32)38)52-54-49-37-19-7-12-24-45(37)58-51(49)53(55-52)57-42-21-9-3-15-33(42)34-16-4-10-22-43(34)57/h1-25,27,29,39H,26,28H2/t39-/m1/s1. The third-order valence-electron chi connectivity index (χ3n) is 13.1. The first-order chi connectivity index (χ1) is 28.8. The molecule has 5 aromatic heterocycles. The number of nitrogens with zero attached hydrogens (tertiary/aromatic N) is 4. The number of aryl methyl sites for hydroxylation is 1. The maximum Gasteiger partial charge on any atom is 0.197 e. The van der Waals surface area contributed by atoms with Crippen LogP contribution in [0, 0.1) is 0 Å². The molecule has 0 N–H and O–H groups in total. The molecule has 1 aliphatic carbocycles. The molecule has 0 radical (unpaired) electrons. The Bertz CT molecular complexity index is 3830. The Morgan fingerprint density at radius 3 is 1.90 bits per heavy atom. The smallest absolute Gasteiger partial charge is 0.197 e. The normalized spacial score (nSPS) is 14.6. The number of hydrogen-bond acceptors (Lipinski definition) is 3. The van der Waals surface area contributed by atoms with Gasteiger partial charge >= 0.3 is 0 Å². The van der Waals surface area contributed by atoms with Crippen LogP contribution in [0.1, 0.15) is 29.3 Å². The molecule has 1 atom stereocenters. The molecule has 5 heterocycles. The molecule has 1 aliphatic rings. The van der Waals surface area contributed by atoms with Crippen LogP contribution < -0.4 is 0 Å². The molecule has 5 nitrogen and oxygen atoms in total.